The summed E-state index contributed by atoms with van der Waals surface area (Å²) in [6.07, 6.45) is 2.40. The molecular weight excluding hydrogens is 419 g/mol. The van der Waals surface area contributed by atoms with Crippen LogP contribution >= 0.6 is 24.0 Å². The van der Waals surface area contributed by atoms with Crippen LogP contribution in [0.3, 0.4) is 0 Å². The molecule has 0 saturated carbocycles. The predicted octanol–water partition coefficient (Wildman–Crippen LogP) is 2.46. The average molecular weight is 442 g/mol. The minimum atomic E-state index is 0. The van der Waals surface area contributed by atoms with Gasteiger partial charge in [-0.1, -0.05) is 17.7 Å². The molecule has 0 radical (unpaired) electrons. The van der Waals surface area contributed by atoms with Crippen LogP contribution in [0.4, 0.5) is 0 Å². The zero-order chi connectivity index (χ0) is 16.1. The molecular formula is C17H23IN4O2. The standard InChI is InChI=1S/C17H22N4O2.HI/c1-13-2-4-14(5-3-13)16-20-15(12-23-16)6-7-19-17(18)21-8-10-22-11-9-21;/h2-5,12H,6-11H2,1H3,(H2,18,19);1H. The Hall–Kier alpha value is -1.61. The van der Waals surface area contributed by atoms with E-state index in [2.05, 4.69) is 16.9 Å². The first kappa shape index (κ1) is 18.7. The molecule has 0 amide bonds. The number of benzene rings is 1. The van der Waals surface area contributed by atoms with Crippen molar-refractivity contribution in [1.29, 1.82) is 0 Å². The molecule has 1 fully saturated rings. The summed E-state index contributed by atoms with van der Waals surface area (Å²) in [5, 5.41) is 0. The number of hydrogen-bond donors (Lipinski definition) is 1. The summed E-state index contributed by atoms with van der Waals surface area (Å²) in [6, 6.07) is 8.12. The van der Waals surface area contributed by atoms with Crippen molar-refractivity contribution in [2.75, 3.05) is 32.8 Å². The van der Waals surface area contributed by atoms with Crippen molar-refractivity contribution in [3.05, 3.63) is 41.8 Å². The molecule has 0 spiro atoms. The summed E-state index contributed by atoms with van der Waals surface area (Å²) < 4.78 is 10.8. The fourth-order valence-electron chi connectivity index (χ4n) is 2.43. The number of morpholine rings is 1. The van der Waals surface area contributed by atoms with Crippen molar-refractivity contribution in [2.24, 2.45) is 10.7 Å². The number of aromatic nitrogens is 1. The van der Waals surface area contributed by atoms with Crippen LogP contribution in [0.2, 0.25) is 0 Å². The van der Waals surface area contributed by atoms with Crippen LogP contribution in [0.1, 0.15) is 11.3 Å². The number of aryl methyl sites for hydroxylation is 1. The summed E-state index contributed by atoms with van der Waals surface area (Å²) in [7, 11) is 0. The summed E-state index contributed by atoms with van der Waals surface area (Å²) >= 11 is 0. The van der Waals surface area contributed by atoms with Gasteiger partial charge in [0.15, 0.2) is 5.96 Å². The molecule has 1 aliphatic rings. The van der Waals surface area contributed by atoms with E-state index < -0.39 is 0 Å². The second kappa shape index (κ2) is 9.03. The number of guanidine groups is 1. The fourth-order valence-corrected chi connectivity index (χ4v) is 2.43. The van der Waals surface area contributed by atoms with E-state index in [1.54, 1.807) is 6.26 Å². The van der Waals surface area contributed by atoms with E-state index in [0.717, 1.165) is 24.3 Å². The van der Waals surface area contributed by atoms with Crippen LogP contribution in [0.25, 0.3) is 11.5 Å². The van der Waals surface area contributed by atoms with Crippen molar-refractivity contribution in [1.82, 2.24) is 9.88 Å². The SMILES string of the molecule is Cc1ccc(-c2nc(CCN=C(N)N3CCOCC3)co2)cc1.I. The highest BCUT2D eigenvalue weighted by atomic mass is 127. The van der Waals surface area contributed by atoms with Gasteiger partial charge in [0, 0.05) is 31.6 Å². The lowest BCUT2D eigenvalue weighted by Crippen LogP contribution is -2.44. The number of nitrogens with zero attached hydrogens (tertiary/aromatic N) is 3. The minimum absolute atomic E-state index is 0. The molecule has 2 N–H and O–H groups in total. The first-order valence-corrected chi connectivity index (χ1v) is 7.86. The fraction of sp³-hybridized carbons (Fsp3) is 0.412. The smallest absolute Gasteiger partial charge is 0.226 e. The molecule has 2 heterocycles. The third kappa shape index (κ3) is 4.94. The molecule has 1 saturated heterocycles. The zero-order valence-corrected chi connectivity index (χ0v) is 16.1. The van der Waals surface area contributed by atoms with Gasteiger partial charge in [0.05, 0.1) is 18.9 Å². The number of hydrogen-bond acceptors (Lipinski definition) is 4. The Balaban J connectivity index is 0.00000208. The molecule has 0 bridgehead atoms. The second-order valence-corrected chi connectivity index (χ2v) is 5.60. The minimum Gasteiger partial charge on any atom is -0.444 e. The quantitative estimate of drug-likeness (QED) is 0.447. The molecule has 130 valence electrons. The van der Waals surface area contributed by atoms with Crippen molar-refractivity contribution in [2.45, 2.75) is 13.3 Å². The summed E-state index contributed by atoms with van der Waals surface area (Å²) in [4.78, 5) is 11.0. The first-order valence-electron chi connectivity index (χ1n) is 7.86. The largest absolute Gasteiger partial charge is 0.444 e. The van der Waals surface area contributed by atoms with Gasteiger partial charge in [-0.05, 0) is 19.1 Å². The zero-order valence-electron chi connectivity index (χ0n) is 13.8. The van der Waals surface area contributed by atoms with Crippen LogP contribution < -0.4 is 5.73 Å². The summed E-state index contributed by atoms with van der Waals surface area (Å²) in [5.74, 6) is 1.22. The van der Waals surface area contributed by atoms with E-state index in [0.29, 0.717) is 38.0 Å². The van der Waals surface area contributed by atoms with Gasteiger partial charge < -0.3 is 19.8 Å². The average Bonchev–Trinajstić information content (AvgIpc) is 3.05. The Morgan fingerprint density at radius 1 is 1.25 bits per heavy atom. The molecule has 24 heavy (non-hydrogen) atoms. The molecule has 2 aromatic rings. The summed E-state index contributed by atoms with van der Waals surface area (Å²) in [5.41, 5.74) is 9.09. The van der Waals surface area contributed by atoms with Gasteiger partial charge in [-0.3, -0.25) is 4.99 Å². The molecule has 0 unspecified atom stereocenters. The van der Waals surface area contributed by atoms with E-state index in [4.69, 9.17) is 14.9 Å². The lowest BCUT2D eigenvalue weighted by molar-refractivity contribution is 0.0674. The van der Waals surface area contributed by atoms with Crippen LogP contribution in [-0.4, -0.2) is 48.7 Å². The highest BCUT2D eigenvalue weighted by Gasteiger charge is 2.12. The molecule has 1 aliphatic heterocycles. The van der Waals surface area contributed by atoms with Gasteiger partial charge in [0.1, 0.15) is 6.26 Å². The highest BCUT2D eigenvalue weighted by Crippen LogP contribution is 2.19. The number of aliphatic imine (C=N–C) groups is 1. The monoisotopic (exact) mass is 442 g/mol. The van der Waals surface area contributed by atoms with Gasteiger partial charge in [0.2, 0.25) is 5.89 Å². The van der Waals surface area contributed by atoms with Crippen LogP contribution in [-0.2, 0) is 11.2 Å². The topological polar surface area (TPSA) is 76.9 Å². The predicted molar refractivity (Wildman–Crippen MR) is 105 cm³/mol. The number of rotatable bonds is 4. The molecule has 3 rings (SSSR count). The van der Waals surface area contributed by atoms with Crippen molar-refractivity contribution >= 4 is 29.9 Å². The molecule has 7 heteroatoms. The van der Waals surface area contributed by atoms with Gasteiger partial charge in [-0.2, -0.15) is 0 Å². The van der Waals surface area contributed by atoms with Crippen LogP contribution in [0.15, 0.2) is 39.9 Å². The van der Waals surface area contributed by atoms with Crippen LogP contribution in [0.5, 0.6) is 0 Å². The van der Waals surface area contributed by atoms with Crippen molar-refractivity contribution < 1.29 is 9.15 Å². The first-order chi connectivity index (χ1) is 11.2. The van der Waals surface area contributed by atoms with Gasteiger partial charge in [0.25, 0.3) is 0 Å². The number of nitrogens with two attached hydrogens (primary N) is 1. The third-order valence-electron chi connectivity index (χ3n) is 3.83. The second-order valence-electron chi connectivity index (χ2n) is 5.60. The number of ether oxygens (including phenoxy) is 1. The van der Waals surface area contributed by atoms with Crippen molar-refractivity contribution in [3.8, 4) is 11.5 Å². The lowest BCUT2D eigenvalue weighted by Gasteiger charge is -2.27. The molecule has 1 aromatic carbocycles. The Morgan fingerprint density at radius 3 is 2.67 bits per heavy atom. The third-order valence-corrected chi connectivity index (χ3v) is 3.83. The highest BCUT2D eigenvalue weighted by molar-refractivity contribution is 14.0. The lowest BCUT2D eigenvalue weighted by atomic mass is 10.1. The maximum absolute atomic E-state index is 6.00. The molecule has 1 aromatic heterocycles. The molecule has 0 aliphatic carbocycles. The maximum Gasteiger partial charge on any atom is 0.226 e. The number of halogens is 1. The Bertz CT molecular complexity index is 663. The molecule has 6 nitrogen and oxygen atoms in total. The Kier molecular flexibility index (Phi) is 7.04. The van der Waals surface area contributed by atoms with Gasteiger partial charge in [-0.25, -0.2) is 4.98 Å². The van der Waals surface area contributed by atoms with E-state index >= 15 is 0 Å². The van der Waals surface area contributed by atoms with Gasteiger partial charge >= 0.3 is 0 Å². The normalized spacial score (nSPS) is 15.2. The Labute approximate surface area is 159 Å². The van der Waals surface area contributed by atoms with E-state index in [9.17, 15) is 0 Å². The molecule has 0 atom stereocenters. The van der Waals surface area contributed by atoms with Crippen molar-refractivity contribution in [3.63, 3.8) is 0 Å². The Morgan fingerprint density at radius 2 is 1.96 bits per heavy atom. The maximum atomic E-state index is 6.00. The van der Waals surface area contributed by atoms with E-state index in [1.165, 1.54) is 5.56 Å². The van der Waals surface area contributed by atoms with Crippen LogP contribution in [0, 0.1) is 6.92 Å². The van der Waals surface area contributed by atoms with E-state index in [-0.39, 0.29) is 24.0 Å². The van der Waals surface area contributed by atoms with Gasteiger partial charge in [-0.15, -0.1) is 24.0 Å². The number of oxazole rings is 1. The van der Waals surface area contributed by atoms with E-state index in [1.807, 2.05) is 29.2 Å². The summed E-state index contributed by atoms with van der Waals surface area (Å²) in [6.45, 7) is 5.68.